The lowest BCUT2D eigenvalue weighted by Crippen LogP contribution is -2.17. The van der Waals surface area contributed by atoms with Crippen molar-refractivity contribution in [1.82, 2.24) is 9.97 Å². The van der Waals surface area contributed by atoms with Crippen molar-refractivity contribution in [1.29, 1.82) is 0 Å². The molecule has 0 saturated heterocycles. The van der Waals surface area contributed by atoms with E-state index < -0.39 is 11.7 Å². The fourth-order valence-corrected chi connectivity index (χ4v) is 2.36. The minimum atomic E-state index is -4.44. The van der Waals surface area contributed by atoms with Crippen LogP contribution >= 0.6 is 0 Å². The third kappa shape index (κ3) is 4.41. The van der Waals surface area contributed by atoms with Crippen LogP contribution in [0.4, 0.5) is 30.6 Å². The Morgan fingerprint density at radius 3 is 2.48 bits per heavy atom. The third-order valence-electron chi connectivity index (χ3n) is 3.78. The van der Waals surface area contributed by atoms with E-state index in [-0.39, 0.29) is 23.4 Å². The molecule has 1 N–H and O–H groups in total. The molecular weight excluding hydrogens is 357 g/mol. The Morgan fingerprint density at radius 1 is 1.04 bits per heavy atom. The fourth-order valence-electron chi connectivity index (χ4n) is 2.36. The van der Waals surface area contributed by atoms with Crippen molar-refractivity contribution in [3.05, 3.63) is 78.0 Å². The molecule has 3 aromatic rings. The number of nitrogens with zero attached hydrogens (tertiary/aromatic N) is 3. The van der Waals surface area contributed by atoms with Gasteiger partial charge in [0, 0.05) is 24.5 Å². The van der Waals surface area contributed by atoms with Gasteiger partial charge in [0.1, 0.15) is 5.82 Å². The molecule has 0 radical (unpaired) electrons. The Bertz CT molecular complexity index is 945. The fraction of sp³-hybridized carbons (Fsp3) is 0.105. The van der Waals surface area contributed by atoms with E-state index in [1.807, 2.05) is 0 Å². The molecule has 138 valence electrons. The van der Waals surface area contributed by atoms with Gasteiger partial charge in [0.25, 0.3) is 5.91 Å². The number of carbonyl (C=O) groups is 1. The number of alkyl halides is 3. The van der Waals surface area contributed by atoms with Gasteiger partial charge in [-0.05, 0) is 36.4 Å². The maximum absolute atomic E-state index is 12.9. The lowest BCUT2D eigenvalue weighted by molar-refractivity contribution is -0.137. The van der Waals surface area contributed by atoms with E-state index in [0.717, 1.165) is 12.1 Å². The Kier molecular flexibility index (Phi) is 5.07. The van der Waals surface area contributed by atoms with Gasteiger partial charge in [0.2, 0.25) is 5.95 Å². The zero-order chi connectivity index (χ0) is 19.4. The zero-order valence-electron chi connectivity index (χ0n) is 14.2. The topological polar surface area (TPSA) is 58.1 Å². The molecule has 2 aromatic carbocycles. The number of benzene rings is 2. The van der Waals surface area contributed by atoms with Crippen LogP contribution in [-0.4, -0.2) is 22.9 Å². The van der Waals surface area contributed by atoms with Crippen LogP contribution in [0.15, 0.2) is 66.9 Å². The molecular formula is C19H15F3N4O. The molecule has 1 heterocycles. The van der Waals surface area contributed by atoms with Crippen molar-refractivity contribution in [3.63, 3.8) is 0 Å². The minimum absolute atomic E-state index is 0.153. The van der Waals surface area contributed by atoms with Crippen LogP contribution in [-0.2, 0) is 6.18 Å². The van der Waals surface area contributed by atoms with Crippen LogP contribution < -0.4 is 10.2 Å². The first-order valence-corrected chi connectivity index (χ1v) is 7.95. The minimum Gasteiger partial charge on any atom is -0.314 e. The summed E-state index contributed by atoms with van der Waals surface area (Å²) < 4.78 is 38.7. The molecule has 0 aliphatic heterocycles. The molecule has 1 amide bonds. The van der Waals surface area contributed by atoms with Crippen LogP contribution in [0.3, 0.4) is 0 Å². The lowest BCUT2D eigenvalue weighted by atomic mass is 10.2. The first kappa shape index (κ1) is 18.4. The number of halogens is 3. The second-order valence-corrected chi connectivity index (χ2v) is 5.67. The van der Waals surface area contributed by atoms with Gasteiger partial charge >= 0.3 is 6.18 Å². The van der Waals surface area contributed by atoms with Crippen LogP contribution in [0.2, 0.25) is 0 Å². The number of anilines is 3. The summed E-state index contributed by atoms with van der Waals surface area (Å²) in [6.45, 7) is 0. The lowest BCUT2D eigenvalue weighted by Gasteiger charge is -2.19. The summed E-state index contributed by atoms with van der Waals surface area (Å²) in [6, 6.07) is 14.9. The molecule has 0 bridgehead atoms. The van der Waals surface area contributed by atoms with Gasteiger partial charge in [-0.3, -0.25) is 4.79 Å². The standard InChI is InChI=1S/C19H15F3N4O/c1-26(15-9-5-8-14(12-15)19(20,21)22)18-23-11-10-16(25-18)24-17(27)13-6-3-2-4-7-13/h2-12H,1H3,(H,23,24,25,27). The Balaban J connectivity index is 1.82. The number of rotatable bonds is 4. The summed E-state index contributed by atoms with van der Waals surface area (Å²) in [7, 11) is 1.55. The van der Waals surface area contributed by atoms with Gasteiger partial charge < -0.3 is 10.2 Å². The summed E-state index contributed by atoms with van der Waals surface area (Å²) in [6.07, 6.45) is -3.02. The third-order valence-corrected chi connectivity index (χ3v) is 3.78. The Morgan fingerprint density at radius 2 is 1.78 bits per heavy atom. The zero-order valence-corrected chi connectivity index (χ0v) is 14.2. The Labute approximate surface area is 153 Å². The molecule has 1 aromatic heterocycles. The molecule has 5 nitrogen and oxygen atoms in total. The van der Waals surface area contributed by atoms with E-state index in [1.54, 1.807) is 37.4 Å². The molecule has 27 heavy (non-hydrogen) atoms. The maximum Gasteiger partial charge on any atom is 0.416 e. The predicted molar refractivity (Wildman–Crippen MR) is 95.9 cm³/mol. The molecule has 0 atom stereocenters. The average molecular weight is 372 g/mol. The summed E-state index contributed by atoms with van der Waals surface area (Å²) in [5, 5.41) is 2.64. The molecule has 0 saturated carbocycles. The van der Waals surface area contributed by atoms with E-state index >= 15 is 0 Å². The monoisotopic (exact) mass is 372 g/mol. The van der Waals surface area contributed by atoms with E-state index in [2.05, 4.69) is 15.3 Å². The van der Waals surface area contributed by atoms with Gasteiger partial charge in [-0.15, -0.1) is 0 Å². The molecule has 0 aliphatic carbocycles. The van der Waals surface area contributed by atoms with Crippen LogP contribution in [0.25, 0.3) is 0 Å². The van der Waals surface area contributed by atoms with Gasteiger partial charge in [-0.1, -0.05) is 24.3 Å². The molecule has 0 aliphatic rings. The van der Waals surface area contributed by atoms with E-state index in [0.29, 0.717) is 5.56 Å². The summed E-state index contributed by atoms with van der Waals surface area (Å²) in [4.78, 5) is 21.9. The maximum atomic E-state index is 12.9. The highest BCUT2D eigenvalue weighted by molar-refractivity contribution is 6.03. The van der Waals surface area contributed by atoms with Crippen molar-refractivity contribution < 1.29 is 18.0 Å². The second-order valence-electron chi connectivity index (χ2n) is 5.67. The first-order valence-electron chi connectivity index (χ1n) is 7.95. The molecule has 0 fully saturated rings. The molecule has 8 heteroatoms. The molecule has 0 unspecified atom stereocenters. The normalized spacial score (nSPS) is 11.1. The van der Waals surface area contributed by atoms with Crippen LogP contribution in [0, 0.1) is 0 Å². The second kappa shape index (κ2) is 7.45. The van der Waals surface area contributed by atoms with Crippen molar-refractivity contribution in [3.8, 4) is 0 Å². The number of hydrogen-bond donors (Lipinski definition) is 1. The number of amides is 1. The number of aromatic nitrogens is 2. The van der Waals surface area contributed by atoms with Crippen LogP contribution in [0.5, 0.6) is 0 Å². The van der Waals surface area contributed by atoms with Crippen molar-refractivity contribution in [2.24, 2.45) is 0 Å². The van der Waals surface area contributed by atoms with Gasteiger partial charge in [0.05, 0.1) is 5.56 Å². The van der Waals surface area contributed by atoms with Crippen molar-refractivity contribution in [2.45, 2.75) is 6.18 Å². The van der Waals surface area contributed by atoms with E-state index in [9.17, 15) is 18.0 Å². The summed E-state index contributed by atoms with van der Waals surface area (Å²) in [5.41, 5.74) is -0.0272. The quantitative estimate of drug-likeness (QED) is 0.732. The van der Waals surface area contributed by atoms with Gasteiger partial charge in [-0.25, -0.2) is 4.98 Å². The number of nitrogens with one attached hydrogen (secondary N) is 1. The molecule has 3 rings (SSSR count). The molecule has 0 spiro atoms. The number of carbonyl (C=O) groups excluding carboxylic acids is 1. The first-order chi connectivity index (χ1) is 12.8. The van der Waals surface area contributed by atoms with Gasteiger partial charge in [-0.2, -0.15) is 18.2 Å². The average Bonchev–Trinajstić information content (AvgIpc) is 2.68. The highest BCUT2D eigenvalue weighted by atomic mass is 19.4. The summed E-state index contributed by atoms with van der Waals surface area (Å²) in [5.74, 6) is 0.0508. The highest BCUT2D eigenvalue weighted by Crippen LogP contribution is 2.32. The van der Waals surface area contributed by atoms with E-state index in [1.165, 1.54) is 29.3 Å². The summed E-state index contributed by atoms with van der Waals surface area (Å²) >= 11 is 0. The van der Waals surface area contributed by atoms with Crippen LogP contribution in [0.1, 0.15) is 15.9 Å². The SMILES string of the molecule is CN(c1cccc(C(F)(F)F)c1)c1nccc(NC(=O)c2ccccc2)n1. The largest absolute Gasteiger partial charge is 0.416 e. The smallest absolute Gasteiger partial charge is 0.314 e. The van der Waals surface area contributed by atoms with E-state index in [4.69, 9.17) is 0 Å². The number of hydrogen-bond acceptors (Lipinski definition) is 4. The van der Waals surface area contributed by atoms with Crippen molar-refractivity contribution >= 4 is 23.4 Å². The van der Waals surface area contributed by atoms with Crippen molar-refractivity contribution in [2.75, 3.05) is 17.3 Å². The Hall–Kier alpha value is -3.42. The van der Waals surface area contributed by atoms with Gasteiger partial charge in [0.15, 0.2) is 0 Å². The highest BCUT2D eigenvalue weighted by Gasteiger charge is 2.30. The predicted octanol–water partition coefficient (Wildman–Crippen LogP) is 4.52.